The summed E-state index contributed by atoms with van der Waals surface area (Å²) in [7, 11) is 0. The third-order valence-electron chi connectivity index (χ3n) is 2.54. The fraction of sp³-hybridized carbons (Fsp3) is 0.0714. The minimum Gasteiger partial charge on any atom is -0.479 e. The molecule has 0 bridgehead atoms. The van der Waals surface area contributed by atoms with E-state index in [0.717, 1.165) is 11.1 Å². The normalized spacial score (nSPS) is 12.1. The highest BCUT2D eigenvalue weighted by Gasteiger charge is 2.15. The Morgan fingerprint density at radius 1 is 0.941 bits per heavy atom. The van der Waals surface area contributed by atoms with Crippen LogP contribution in [0, 0.1) is 0 Å². The molecule has 3 heteroatoms. The maximum absolute atomic E-state index is 10.7. The van der Waals surface area contributed by atoms with Crippen molar-refractivity contribution in [2.24, 2.45) is 0 Å². The van der Waals surface area contributed by atoms with Gasteiger partial charge in [-0.15, -0.1) is 0 Å². The molecule has 86 valence electrons. The Labute approximate surface area is 99.0 Å². The highest BCUT2D eigenvalue weighted by molar-refractivity contribution is 5.75. The van der Waals surface area contributed by atoms with E-state index in [-0.39, 0.29) is 0 Å². The zero-order chi connectivity index (χ0) is 12.3. The number of hydrogen-bond donors (Lipinski definition) is 2. The Morgan fingerprint density at radius 2 is 1.59 bits per heavy atom. The number of aliphatic carboxylic acids is 1. The third kappa shape index (κ3) is 2.52. The van der Waals surface area contributed by atoms with Gasteiger partial charge < -0.3 is 10.2 Å². The van der Waals surface area contributed by atoms with Crippen LogP contribution in [0.2, 0.25) is 0 Å². The molecule has 0 aliphatic carbocycles. The lowest BCUT2D eigenvalue weighted by atomic mass is 10.0. The van der Waals surface area contributed by atoms with Crippen molar-refractivity contribution in [3.05, 3.63) is 60.2 Å². The second-order valence-corrected chi connectivity index (χ2v) is 3.73. The molecule has 2 rings (SSSR count). The van der Waals surface area contributed by atoms with Crippen LogP contribution in [0.3, 0.4) is 0 Å². The minimum atomic E-state index is -1.47. The van der Waals surface area contributed by atoms with Crippen LogP contribution < -0.4 is 0 Å². The zero-order valence-electron chi connectivity index (χ0n) is 9.08. The van der Waals surface area contributed by atoms with Gasteiger partial charge in [-0.1, -0.05) is 48.5 Å². The number of carboxylic acids is 1. The zero-order valence-corrected chi connectivity index (χ0v) is 9.08. The average Bonchev–Trinajstić information content (AvgIpc) is 2.39. The van der Waals surface area contributed by atoms with Crippen molar-refractivity contribution in [1.29, 1.82) is 0 Å². The number of rotatable bonds is 3. The molecule has 0 aliphatic rings. The lowest BCUT2D eigenvalue weighted by Gasteiger charge is -2.08. The fourth-order valence-corrected chi connectivity index (χ4v) is 1.66. The summed E-state index contributed by atoms with van der Waals surface area (Å²) in [6.07, 6.45) is -1.47. The number of carboxylic acid groups (broad SMARTS) is 1. The van der Waals surface area contributed by atoms with Crippen molar-refractivity contribution in [1.82, 2.24) is 0 Å². The smallest absolute Gasteiger partial charge is 0.337 e. The van der Waals surface area contributed by atoms with Crippen LogP contribution in [0.5, 0.6) is 0 Å². The molecule has 0 heterocycles. The van der Waals surface area contributed by atoms with E-state index in [0.29, 0.717) is 5.56 Å². The van der Waals surface area contributed by atoms with Crippen LogP contribution in [0.15, 0.2) is 54.6 Å². The first kappa shape index (κ1) is 11.4. The van der Waals surface area contributed by atoms with Gasteiger partial charge in [0.1, 0.15) is 0 Å². The van der Waals surface area contributed by atoms with Gasteiger partial charge in [0.25, 0.3) is 0 Å². The van der Waals surface area contributed by atoms with E-state index < -0.39 is 12.1 Å². The molecule has 0 saturated heterocycles. The second-order valence-electron chi connectivity index (χ2n) is 3.73. The highest BCUT2D eigenvalue weighted by atomic mass is 16.4. The van der Waals surface area contributed by atoms with Gasteiger partial charge in [0.2, 0.25) is 0 Å². The predicted molar refractivity (Wildman–Crippen MR) is 64.5 cm³/mol. The Hall–Kier alpha value is -2.13. The summed E-state index contributed by atoms with van der Waals surface area (Å²) in [6, 6.07) is 16.5. The molecule has 0 aliphatic heterocycles. The molecule has 2 N–H and O–H groups in total. The van der Waals surface area contributed by atoms with E-state index in [1.807, 2.05) is 36.4 Å². The monoisotopic (exact) mass is 228 g/mol. The number of aliphatic hydroxyl groups is 1. The van der Waals surface area contributed by atoms with E-state index in [1.165, 1.54) is 0 Å². The molecule has 1 atom stereocenters. The van der Waals surface area contributed by atoms with E-state index in [9.17, 15) is 9.90 Å². The molecule has 0 fully saturated rings. The molecule has 17 heavy (non-hydrogen) atoms. The molecule has 0 amide bonds. The first-order valence-electron chi connectivity index (χ1n) is 5.25. The van der Waals surface area contributed by atoms with Gasteiger partial charge in [-0.3, -0.25) is 0 Å². The summed E-state index contributed by atoms with van der Waals surface area (Å²) in [5, 5.41) is 18.2. The Morgan fingerprint density at radius 3 is 2.24 bits per heavy atom. The average molecular weight is 228 g/mol. The van der Waals surface area contributed by atoms with Crippen molar-refractivity contribution < 1.29 is 15.0 Å². The summed E-state index contributed by atoms with van der Waals surface area (Å²) in [5.41, 5.74) is 2.27. The molecule has 0 spiro atoms. The van der Waals surface area contributed by atoms with Crippen LogP contribution in [0.1, 0.15) is 11.7 Å². The number of aliphatic hydroxyl groups excluding tert-OH is 1. The molecule has 0 unspecified atom stereocenters. The van der Waals surface area contributed by atoms with Crippen molar-refractivity contribution in [3.63, 3.8) is 0 Å². The molecule has 0 radical (unpaired) electrons. The van der Waals surface area contributed by atoms with Crippen LogP contribution in [-0.2, 0) is 4.79 Å². The third-order valence-corrected chi connectivity index (χ3v) is 2.54. The summed E-state index contributed by atoms with van der Waals surface area (Å²) >= 11 is 0. The molecule has 0 aromatic heterocycles. The lowest BCUT2D eigenvalue weighted by Crippen LogP contribution is -2.10. The maximum atomic E-state index is 10.7. The first-order chi connectivity index (χ1) is 8.18. The van der Waals surface area contributed by atoms with E-state index in [1.54, 1.807) is 18.2 Å². The Balaban J connectivity index is 2.39. The van der Waals surface area contributed by atoms with Crippen LogP contribution in [0.4, 0.5) is 0 Å². The fourth-order valence-electron chi connectivity index (χ4n) is 1.66. The molecule has 2 aromatic carbocycles. The van der Waals surface area contributed by atoms with Gasteiger partial charge >= 0.3 is 5.97 Å². The van der Waals surface area contributed by atoms with Gasteiger partial charge in [-0.2, -0.15) is 0 Å². The standard InChI is InChI=1S/C14H12O3/c15-13(14(16)17)12-8-4-7-11(9-12)10-5-2-1-3-6-10/h1-9,13,15H,(H,16,17)/t13-/m0/s1. The van der Waals surface area contributed by atoms with Crippen molar-refractivity contribution in [2.45, 2.75) is 6.10 Å². The minimum absolute atomic E-state index is 0.388. The number of hydrogen-bond acceptors (Lipinski definition) is 2. The molecule has 3 nitrogen and oxygen atoms in total. The Bertz CT molecular complexity index is 520. The molecular formula is C14H12O3. The van der Waals surface area contributed by atoms with Crippen molar-refractivity contribution in [3.8, 4) is 11.1 Å². The van der Waals surface area contributed by atoms with E-state index in [4.69, 9.17) is 5.11 Å². The summed E-state index contributed by atoms with van der Waals surface area (Å²) < 4.78 is 0. The van der Waals surface area contributed by atoms with Crippen LogP contribution >= 0.6 is 0 Å². The van der Waals surface area contributed by atoms with Gasteiger partial charge in [0.15, 0.2) is 6.10 Å². The second kappa shape index (κ2) is 4.80. The van der Waals surface area contributed by atoms with Crippen molar-refractivity contribution >= 4 is 5.97 Å². The van der Waals surface area contributed by atoms with Crippen LogP contribution in [0.25, 0.3) is 11.1 Å². The molecular weight excluding hydrogens is 216 g/mol. The summed E-state index contributed by atoms with van der Waals surface area (Å²) in [5.74, 6) is -1.24. The van der Waals surface area contributed by atoms with E-state index in [2.05, 4.69) is 0 Å². The van der Waals surface area contributed by atoms with Crippen LogP contribution in [-0.4, -0.2) is 16.2 Å². The SMILES string of the molecule is O=C(O)[C@@H](O)c1cccc(-c2ccccc2)c1. The number of benzene rings is 2. The quantitative estimate of drug-likeness (QED) is 0.848. The van der Waals surface area contributed by atoms with E-state index >= 15 is 0 Å². The molecule has 2 aromatic rings. The summed E-state index contributed by atoms with van der Waals surface area (Å²) in [6.45, 7) is 0. The van der Waals surface area contributed by atoms with Gasteiger partial charge in [0.05, 0.1) is 0 Å². The van der Waals surface area contributed by atoms with Crippen molar-refractivity contribution in [2.75, 3.05) is 0 Å². The topological polar surface area (TPSA) is 57.5 Å². The largest absolute Gasteiger partial charge is 0.479 e. The van der Waals surface area contributed by atoms with Gasteiger partial charge in [-0.25, -0.2) is 4.79 Å². The van der Waals surface area contributed by atoms with Gasteiger partial charge in [-0.05, 0) is 22.8 Å². The Kier molecular flexibility index (Phi) is 3.21. The maximum Gasteiger partial charge on any atom is 0.337 e. The number of carbonyl (C=O) groups is 1. The predicted octanol–water partition coefficient (Wildman–Crippen LogP) is 2.47. The van der Waals surface area contributed by atoms with Gasteiger partial charge in [0, 0.05) is 0 Å². The first-order valence-corrected chi connectivity index (χ1v) is 5.25. The highest BCUT2D eigenvalue weighted by Crippen LogP contribution is 2.23. The lowest BCUT2D eigenvalue weighted by molar-refractivity contribution is -0.146. The molecule has 0 saturated carbocycles. The summed E-state index contributed by atoms with van der Waals surface area (Å²) in [4.78, 5) is 10.7.